The number of amides is 1. The van der Waals surface area contributed by atoms with Crippen molar-refractivity contribution in [2.75, 3.05) is 25.5 Å². The van der Waals surface area contributed by atoms with Crippen LogP contribution in [0.15, 0.2) is 42.5 Å². The van der Waals surface area contributed by atoms with Gasteiger partial charge in [-0.1, -0.05) is 20.3 Å². The number of anilines is 1. The molecular weight excluding hydrogens is 400 g/mol. The van der Waals surface area contributed by atoms with Crippen LogP contribution in [-0.4, -0.2) is 40.6 Å². The average Bonchev–Trinajstić information content (AvgIpc) is 3.15. The van der Waals surface area contributed by atoms with Crippen molar-refractivity contribution in [1.29, 1.82) is 0 Å². The van der Waals surface area contributed by atoms with E-state index in [1.54, 1.807) is 31.4 Å². The van der Waals surface area contributed by atoms with Gasteiger partial charge in [0.2, 0.25) is 0 Å². The monoisotopic (exact) mass is 434 g/mol. The van der Waals surface area contributed by atoms with Crippen LogP contribution in [0.2, 0.25) is 0 Å². The number of aromatic nitrogens is 2. The molecule has 1 amide bonds. The number of carbonyl (C=O) groups is 1. The number of hydrogen-bond acceptors (Lipinski definition) is 4. The molecule has 0 radical (unpaired) electrons. The lowest BCUT2D eigenvalue weighted by Gasteiger charge is -2.30. The second-order valence-corrected chi connectivity index (χ2v) is 8.88. The van der Waals surface area contributed by atoms with Crippen LogP contribution in [0.25, 0.3) is 11.0 Å². The van der Waals surface area contributed by atoms with Gasteiger partial charge in [-0.25, -0.2) is 4.98 Å². The number of aryl methyl sites for hydroxylation is 1. The van der Waals surface area contributed by atoms with Crippen molar-refractivity contribution in [3.8, 4) is 5.75 Å². The first-order valence-electron chi connectivity index (χ1n) is 11.7. The third kappa shape index (κ3) is 5.13. The van der Waals surface area contributed by atoms with E-state index in [4.69, 9.17) is 9.72 Å². The minimum absolute atomic E-state index is 0.139. The van der Waals surface area contributed by atoms with Crippen molar-refractivity contribution in [2.24, 2.45) is 5.92 Å². The molecule has 1 aliphatic rings. The zero-order chi connectivity index (χ0) is 22.5. The highest BCUT2D eigenvalue weighted by Crippen LogP contribution is 2.24. The number of hydrogen-bond donors (Lipinski definition) is 1. The zero-order valence-corrected chi connectivity index (χ0v) is 19.4. The van der Waals surface area contributed by atoms with Crippen LogP contribution in [0.5, 0.6) is 5.75 Å². The van der Waals surface area contributed by atoms with Crippen molar-refractivity contribution in [3.05, 3.63) is 53.9 Å². The number of benzene rings is 2. The number of likely N-dealkylation sites (tertiary alicyclic amines) is 1. The van der Waals surface area contributed by atoms with Gasteiger partial charge in [-0.2, -0.15) is 0 Å². The Morgan fingerprint density at radius 2 is 1.91 bits per heavy atom. The summed E-state index contributed by atoms with van der Waals surface area (Å²) in [7, 11) is 1.62. The maximum atomic E-state index is 12.7. The SMILES string of the molecule is CCCCn1c(CN2CCC(C)CC2)nc2cc(NC(=O)c3ccc(OC)cc3)ccc21. The van der Waals surface area contributed by atoms with E-state index in [-0.39, 0.29) is 5.91 Å². The molecule has 0 atom stereocenters. The number of nitrogens with zero attached hydrogens (tertiary/aromatic N) is 3. The van der Waals surface area contributed by atoms with Crippen LogP contribution in [-0.2, 0) is 13.1 Å². The van der Waals surface area contributed by atoms with E-state index >= 15 is 0 Å². The summed E-state index contributed by atoms with van der Waals surface area (Å²) in [5.41, 5.74) is 3.44. The third-order valence-corrected chi connectivity index (χ3v) is 6.41. The molecule has 1 N–H and O–H groups in total. The summed E-state index contributed by atoms with van der Waals surface area (Å²) >= 11 is 0. The Kier molecular flexibility index (Phi) is 7.10. The Labute approximate surface area is 190 Å². The first kappa shape index (κ1) is 22.3. The van der Waals surface area contributed by atoms with Gasteiger partial charge < -0.3 is 14.6 Å². The summed E-state index contributed by atoms with van der Waals surface area (Å²) in [6, 6.07) is 13.2. The number of methoxy groups -OCH3 is 1. The van der Waals surface area contributed by atoms with Gasteiger partial charge >= 0.3 is 0 Å². The van der Waals surface area contributed by atoms with Gasteiger partial charge in [0.15, 0.2) is 0 Å². The largest absolute Gasteiger partial charge is 0.497 e. The molecule has 6 nitrogen and oxygen atoms in total. The molecule has 6 heteroatoms. The smallest absolute Gasteiger partial charge is 0.255 e. The molecule has 0 bridgehead atoms. The molecule has 1 aliphatic heterocycles. The van der Waals surface area contributed by atoms with Gasteiger partial charge in [0.25, 0.3) is 5.91 Å². The number of fused-ring (bicyclic) bond motifs is 1. The van der Waals surface area contributed by atoms with Crippen molar-refractivity contribution < 1.29 is 9.53 Å². The molecule has 1 aromatic heterocycles. The molecule has 1 saturated heterocycles. The number of unbranched alkanes of at least 4 members (excludes halogenated alkanes) is 1. The Morgan fingerprint density at radius 1 is 1.16 bits per heavy atom. The van der Waals surface area contributed by atoms with E-state index in [0.717, 1.165) is 73.2 Å². The van der Waals surface area contributed by atoms with Gasteiger partial charge in [0.1, 0.15) is 11.6 Å². The number of carbonyl (C=O) groups excluding carboxylic acids is 1. The van der Waals surface area contributed by atoms with Gasteiger partial charge in [-0.05, 0) is 80.7 Å². The summed E-state index contributed by atoms with van der Waals surface area (Å²) in [4.78, 5) is 20.2. The second-order valence-electron chi connectivity index (χ2n) is 8.88. The molecule has 2 aromatic carbocycles. The van der Waals surface area contributed by atoms with E-state index in [1.807, 2.05) is 12.1 Å². The number of piperidine rings is 1. The predicted octanol–water partition coefficient (Wildman–Crippen LogP) is 5.33. The van der Waals surface area contributed by atoms with Gasteiger partial charge in [-0.3, -0.25) is 9.69 Å². The van der Waals surface area contributed by atoms with Crippen LogP contribution in [0.1, 0.15) is 55.7 Å². The topological polar surface area (TPSA) is 59.4 Å². The van der Waals surface area contributed by atoms with E-state index < -0.39 is 0 Å². The summed E-state index contributed by atoms with van der Waals surface area (Å²) in [6.45, 7) is 8.71. The molecule has 2 heterocycles. The molecule has 0 spiro atoms. The van der Waals surface area contributed by atoms with E-state index in [9.17, 15) is 4.79 Å². The van der Waals surface area contributed by atoms with Gasteiger partial charge in [0.05, 0.1) is 24.7 Å². The number of ether oxygens (including phenoxy) is 1. The van der Waals surface area contributed by atoms with E-state index in [2.05, 4.69) is 34.7 Å². The molecule has 0 unspecified atom stereocenters. The van der Waals surface area contributed by atoms with E-state index in [0.29, 0.717) is 5.56 Å². The summed E-state index contributed by atoms with van der Waals surface area (Å²) in [6.07, 6.45) is 4.80. The Bertz CT molecular complexity index is 1050. The highest BCUT2D eigenvalue weighted by Gasteiger charge is 2.19. The van der Waals surface area contributed by atoms with Crippen molar-refractivity contribution in [1.82, 2.24) is 14.5 Å². The van der Waals surface area contributed by atoms with Crippen LogP contribution < -0.4 is 10.1 Å². The standard InChI is InChI=1S/C26H34N4O2/c1-4-5-14-30-24-11-8-21(27-26(31)20-6-9-22(32-3)10-7-20)17-23(24)28-25(30)18-29-15-12-19(2)13-16-29/h6-11,17,19H,4-5,12-16,18H2,1-3H3,(H,27,31). The maximum absolute atomic E-state index is 12.7. The van der Waals surface area contributed by atoms with Gasteiger partial charge in [-0.15, -0.1) is 0 Å². The molecular formula is C26H34N4O2. The predicted molar refractivity (Wildman–Crippen MR) is 129 cm³/mol. The molecule has 3 aromatic rings. The third-order valence-electron chi connectivity index (χ3n) is 6.41. The number of nitrogens with one attached hydrogen (secondary N) is 1. The maximum Gasteiger partial charge on any atom is 0.255 e. The molecule has 32 heavy (non-hydrogen) atoms. The minimum Gasteiger partial charge on any atom is -0.497 e. The first-order chi connectivity index (χ1) is 15.6. The molecule has 4 rings (SSSR count). The lowest BCUT2D eigenvalue weighted by molar-refractivity contribution is 0.102. The Morgan fingerprint density at radius 3 is 2.59 bits per heavy atom. The normalized spacial score (nSPS) is 15.2. The molecule has 0 aliphatic carbocycles. The Balaban J connectivity index is 1.54. The highest BCUT2D eigenvalue weighted by atomic mass is 16.5. The fourth-order valence-electron chi connectivity index (χ4n) is 4.31. The van der Waals surface area contributed by atoms with Crippen molar-refractivity contribution in [3.63, 3.8) is 0 Å². The van der Waals surface area contributed by atoms with Gasteiger partial charge in [0, 0.05) is 17.8 Å². The summed E-state index contributed by atoms with van der Waals surface area (Å²) in [5, 5.41) is 3.01. The highest BCUT2D eigenvalue weighted by molar-refractivity contribution is 6.05. The lowest BCUT2D eigenvalue weighted by Crippen LogP contribution is -2.33. The minimum atomic E-state index is -0.139. The zero-order valence-electron chi connectivity index (χ0n) is 19.4. The van der Waals surface area contributed by atoms with Crippen molar-refractivity contribution in [2.45, 2.75) is 52.6 Å². The Hall–Kier alpha value is -2.86. The second kappa shape index (κ2) is 10.2. The van der Waals surface area contributed by atoms with Crippen LogP contribution in [0, 0.1) is 5.92 Å². The summed E-state index contributed by atoms with van der Waals surface area (Å²) < 4.78 is 7.54. The quantitative estimate of drug-likeness (QED) is 0.521. The van der Waals surface area contributed by atoms with E-state index in [1.165, 1.54) is 12.8 Å². The molecule has 0 saturated carbocycles. The lowest BCUT2D eigenvalue weighted by atomic mass is 9.99. The van der Waals surface area contributed by atoms with Crippen molar-refractivity contribution >= 4 is 22.6 Å². The van der Waals surface area contributed by atoms with Crippen LogP contribution >= 0.6 is 0 Å². The summed E-state index contributed by atoms with van der Waals surface area (Å²) in [5.74, 6) is 2.54. The fourth-order valence-corrected chi connectivity index (χ4v) is 4.31. The first-order valence-corrected chi connectivity index (χ1v) is 11.7. The fraction of sp³-hybridized carbons (Fsp3) is 0.462. The molecule has 1 fully saturated rings. The van der Waals surface area contributed by atoms with Crippen LogP contribution in [0.4, 0.5) is 5.69 Å². The number of imidazole rings is 1. The average molecular weight is 435 g/mol. The number of rotatable bonds is 8. The van der Waals surface area contributed by atoms with Crippen LogP contribution in [0.3, 0.4) is 0 Å². The molecule has 170 valence electrons.